The first kappa shape index (κ1) is 66.2. The van der Waals surface area contributed by atoms with Crippen molar-refractivity contribution in [1.29, 1.82) is 0 Å². The smallest absolute Gasteiger partial charge is 0.416 e. The molecule has 0 saturated carbocycles. The van der Waals surface area contributed by atoms with Gasteiger partial charge in [-0.2, -0.15) is 31.3 Å². The lowest BCUT2D eigenvalue weighted by Crippen LogP contribution is -2.54. The van der Waals surface area contributed by atoms with Crippen LogP contribution in [0.4, 0.5) is 75.5 Å². The number of rotatable bonds is 16. The van der Waals surface area contributed by atoms with E-state index in [1.165, 1.54) is 6.20 Å². The monoisotopic (exact) mass is 1170 g/mol. The molecule has 5 heterocycles. The molecule has 0 aliphatic carbocycles. The average Bonchev–Trinajstić information content (AvgIpc) is 3.81. The Morgan fingerprint density at radius 3 is 1.66 bits per heavy atom. The van der Waals surface area contributed by atoms with E-state index in [-0.39, 0.29) is 64.5 Å². The lowest BCUT2D eigenvalue weighted by Gasteiger charge is -2.37. The molecule has 3 aromatic heterocycles. The molecular weight excluding hydrogens is 1110 g/mol. The summed E-state index contributed by atoms with van der Waals surface area (Å²) in [6.07, 6.45) is -5.67. The normalized spacial score (nSPS) is 13.3. The van der Waals surface area contributed by atoms with Crippen LogP contribution in [0.1, 0.15) is 33.4 Å². The van der Waals surface area contributed by atoms with Crippen molar-refractivity contribution in [1.82, 2.24) is 29.3 Å². The van der Waals surface area contributed by atoms with Crippen molar-refractivity contribution in [3.05, 3.63) is 132 Å². The highest BCUT2D eigenvalue weighted by Crippen LogP contribution is 2.35. The number of ether oxygens (including phenoxy) is 4. The van der Waals surface area contributed by atoms with Crippen molar-refractivity contribution in [2.45, 2.75) is 46.8 Å². The molecule has 0 radical (unpaired) electrons. The van der Waals surface area contributed by atoms with Gasteiger partial charge in [-0.05, 0) is 85.0 Å². The van der Waals surface area contributed by atoms with Gasteiger partial charge in [0.15, 0.2) is 0 Å². The Balaban J connectivity index is 0.000000290. The molecule has 2 amide bonds. The van der Waals surface area contributed by atoms with E-state index in [0.29, 0.717) is 101 Å². The van der Waals surface area contributed by atoms with Crippen molar-refractivity contribution in [2.24, 2.45) is 12.0 Å². The molecule has 9 rings (SSSR count). The second kappa shape index (κ2) is 29.4. The standard InChI is InChI=1S/C26H24F4N6O3.C18H23N5O3.C8H3F4NS.3CH4/c1-35-22-6-4-16(10-21(22)33-25(35)32-20-9-15(26(28,29)30)3-5-19(20)27)39-17-7-8-31-23(11-17)34-24(37)14-36-12-18(13-36)38-2;1-20-16-4-3-12(7-15(16)19)26-13-5-6-21-17(8-13)22-18(24)11-23-9-14(10-23)25-2;9-6-2-1-5(8(10,11)12)3-7(6)13-4-14;;;/h3-11,18H,12-14H2,1-2H3,(H,32,33)(H,31,34,37);3-8,14,20H,9-11,19H2,1-2H3,(H,21,22,24);1-3H;3*1H4. The first-order chi connectivity index (χ1) is 37.6. The number of aromatic nitrogens is 4. The van der Waals surface area contributed by atoms with Crippen molar-refractivity contribution in [3.8, 4) is 23.0 Å². The molecule has 82 heavy (non-hydrogen) atoms. The number of nitrogens with one attached hydrogen (secondary N) is 4. The number of fused-ring (bicyclic) bond motifs is 1. The van der Waals surface area contributed by atoms with E-state index in [9.17, 15) is 44.7 Å². The lowest BCUT2D eigenvalue weighted by molar-refractivity contribution is -0.138. The number of carbonyl (C=O) groups is 2. The van der Waals surface area contributed by atoms with Crippen LogP contribution in [0.25, 0.3) is 11.0 Å². The molecule has 27 heteroatoms. The van der Waals surface area contributed by atoms with E-state index >= 15 is 0 Å². The molecule has 4 aromatic carbocycles. The molecule has 0 spiro atoms. The van der Waals surface area contributed by atoms with Crippen LogP contribution >= 0.6 is 12.2 Å². The third-order valence-corrected chi connectivity index (χ3v) is 11.9. The number of anilines is 6. The molecular formula is C55H62F8N12O6S. The SMILES string of the molecule is C.C.C.CNc1ccc(Oc2ccnc(NC(=O)CN3CC(OC)C3)c2)cc1N.COC1CN(CC(=O)Nc2cc(Oc3ccc4c(c3)nc(Nc3cc(C(F)(F)F)ccc3F)n4C)ccn2)C1.Fc1ccc(C(F)(F)F)cc1N=C=S. The molecule has 0 atom stereocenters. The second-order valence-electron chi connectivity index (χ2n) is 17.5. The van der Waals surface area contributed by atoms with Gasteiger partial charge in [-0.3, -0.25) is 19.4 Å². The first-order valence-electron chi connectivity index (χ1n) is 23.6. The van der Waals surface area contributed by atoms with Crippen LogP contribution in [0.15, 0.2) is 114 Å². The number of thiocarbonyl (C=S) groups is 1. The third kappa shape index (κ3) is 18.1. The summed E-state index contributed by atoms with van der Waals surface area (Å²) in [6, 6.07) is 21.1. The number of likely N-dealkylation sites (tertiary alicyclic amines) is 2. The van der Waals surface area contributed by atoms with Gasteiger partial charge >= 0.3 is 12.4 Å². The van der Waals surface area contributed by atoms with E-state index in [1.54, 1.807) is 92.8 Å². The van der Waals surface area contributed by atoms with Crippen LogP contribution in [0.3, 0.4) is 0 Å². The zero-order valence-corrected chi connectivity index (χ0v) is 43.2. The molecule has 2 saturated heterocycles. The van der Waals surface area contributed by atoms with Crippen LogP contribution in [-0.4, -0.2) is 119 Å². The summed E-state index contributed by atoms with van der Waals surface area (Å²) in [4.78, 5) is 44.3. The van der Waals surface area contributed by atoms with Crippen LogP contribution in [0.5, 0.6) is 23.0 Å². The summed E-state index contributed by atoms with van der Waals surface area (Å²) in [7, 11) is 6.77. The number of methoxy groups -OCH3 is 2. The number of pyridine rings is 2. The predicted octanol–water partition coefficient (Wildman–Crippen LogP) is 12.2. The summed E-state index contributed by atoms with van der Waals surface area (Å²) in [5.41, 5.74) is 5.72. The van der Waals surface area contributed by atoms with Crippen molar-refractivity contribution in [3.63, 3.8) is 0 Å². The Hall–Kier alpha value is -8.33. The first-order valence-corrected chi connectivity index (χ1v) is 24.0. The average molecular weight is 1170 g/mol. The zero-order valence-electron chi connectivity index (χ0n) is 42.4. The number of nitrogen functional groups attached to an aromatic ring is 1. The molecule has 440 valence electrons. The van der Waals surface area contributed by atoms with Crippen molar-refractivity contribution < 1.29 is 63.7 Å². The van der Waals surface area contributed by atoms with E-state index in [2.05, 4.69) is 53.4 Å². The summed E-state index contributed by atoms with van der Waals surface area (Å²) in [5, 5.41) is 13.0. The fourth-order valence-corrected chi connectivity index (χ4v) is 7.76. The highest BCUT2D eigenvalue weighted by Gasteiger charge is 2.33. The molecule has 7 aromatic rings. The van der Waals surface area contributed by atoms with E-state index < -0.39 is 40.8 Å². The third-order valence-electron chi connectivity index (χ3n) is 11.8. The fourth-order valence-electron chi connectivity index (χ4n) is 7.66. The molecule has 0 bridgehead atoms. The Labute approximate surface area is 473 Å². The predicted molar refractivity (Wildman–Crippen MR) is 302 cm³/mol. The van der Waals surface area contributed by atoms with Gasteiger partial charge < -0.3 is 50.5 Å². The van der Waals surface area contributed by atoms with Crippen molar-refractivity contribution >= 4 is 80.6 Å². The van der Waals surface area contributed by atoms with E-state index in [4.69, 9.17) is 24.7 Å². The van der Waals surface area contributed by atoms with Gasteiger partial charge in [-0.1, -0.05) is 22.3 Å². The number of halogens is 8. The van der Waals surface area contributed by atoms with Crippen LogP contribution in [0.2, 0.25) is 0 Å². The number of aliphatic imine (C=N–C) groups is 1. The summed E-state index contributed by atoms with van der Waals surface area (Å²) in [6.45, 7) is 3.47. The second-order valence-corrected chi connectivity index (χ2v) is 17.7. The number of hydrogen-bond acceptors (Lipinski definition) is 16. The number of benzene rings is 4. The van der Waals surface area contributed by atoms with Crippen LogP contribution < -0.4 is 36.5 Å². The number of carbonyl (C=O) groups excluding carboxylic acids is 2. The summed E-state index contributed by atoms with van der Waals surface area (Å²) >= 11 is 4.17. The molecule has 2 aliphatic heterocycles. The van der Waals surface area contributed by atoms with Crippen molar-refractivity contribution in [2.75, 3.05) is 87.5 Å². The number of nitrogens with two attached hydrogens (primary N) is 1. The Morgan fingerprint density at radius 2 is 1.17 bits per heavy atom. The number of amides is 2. The maximum absolute atomic E-state index is 14.2. The quantitative estimate of drug-likeness (QED) is 0.0264. The van der Waals surface area contributed by atoms with Gasteiger partial charge in [-0.15, -0.1) is 0 Å². The van der Waals surface area contributed by atoms with E-state index in [0.717, 1.165) is 24.8 Å². The highest BCUT2D eigenvalue weighted by molar-refractivity contribution is 7.78. The molecule has 0 unspecified atom stereocenters. The molecule has 6 N–H and O–H groups in total. The minimum atomic E-state index is -4.61. The van der Waals surface area contributed by atoms with Gasteiger partial charge in [0.2, 0.25) is 17.8 Å². The number of aryl methyl sites for hydroxylation is 1. The minimum absolute atomic E-state index is 0. The number of nitrogens with zero attached hydrogens (tertiary/aromatic N) is 7. The van der Waals surface area contributed by atoms with E-state index in [1.807, 2.05) is 21.9 Å². The number of isothiocyanates is 1. The molecule has 18 nitrogen and oxygen atoms in total. The molecule has 2 fully saturated rings. The number of hydrogen-bond donors (Lipinski definition) is 5. The van der Waals surface area contributed by atoms with Gasteiger partial charge in [-0.25, -0.2) is 23.7 Å². The summed E-state index contributed by atoms with van der Waals surface area (Å²) < 4.78 is 126. The topological polar surface area (TPSA) is 208 Å². The lowest BCUT2D eigenvalue weighted by atomic mass is 10.2. The number of imidazole rings is 1. The fraction of sp³-hybridized carbons (Fsp3) is 0.309. The maximum atomic E-state index is 14.2. The van der Waals surface area contributed by atoms with Crippen LogP contribution in [-0.2, 0) is 38.5 Å². The zero-order chi connectivity index (χ0) is 57.0. The Kier molecular flexibility index (Phi) is 23.7. The maximum Gasteiger partial charge on any atom is 0.416 e. The minimum Gasteiger partial charge on any atom is -0.457 e. The molecule has 2 aliphatic rings. The van der Waals surface area contributed by atoms with Gasteiger partial charge in [0.05, 0.1) is 69.7 Å². The van der Waals surface area contributed by atoms with Crippen LogP contribution in [0, 0.1) is 11.6 Å². The van der Waals surface area contributed by atoms with Gasteiger partial charge in [0.25, 0.3) is 0 Å². The summed E-state index contributed by atoms with van der Waals surface area (Å²) in [5.74, 6) is 0.897. The Morgan fingerprint density at radius 1 is 0.683 bits per heavy atom. The van der Waals surface area contributed by atoms with Gasteiger partial charge in [0.1, 0.15) is 52.0 Å². The van der Waals surface area contributed by atoms with Gasteiger partial charge in [0, 0.05) is 91.2 Å². The number of alkyl halides is 6. The highest BCUT2D eigenvalue weighted by atomic mass is 32.1. The largest absolute Gasteiger partial charge is 0.457 e. The Bertz CT molecular complexity index is 3330.